The predicted molar refractivity (Wildman–Crippen MR) is 111 cm³/mol. The summed E-state index contributed by atoms with van der Waals surface area (Å²) in [5.41, 5.74) is -0.330. The molecule has 1 aromatic carbocycles. The Morgan fingerprint density at radius 1 is 1.15 bits per heavy atom. The second-order valence-corrected chi connectivity index (χ2v) is 8.65. The van der Waals surface area contributed by atoms with E-state index in [9.17, 15) is 4.79 Å². The zero-order chi connectivity index (χ0) is 18.9. The summed E-state index contributed by atoms with van der Waals surface area (Å²) in [6, 6.07) is 10.9. The Labute approximate surface area is 162 Å². The van der Waals surface area contributed by atoms with Crippen LogP contribution in [-0.4, -0.2) is 42.0 Å². The maximum atomic E-state index is 13.4. The monoisotopic (exact) mass is 365 g/mol. The van der Waals surface area contributed by atoms with Gasteiger partial charge in [-0.3, -0.25) is 4.79 Å². The molecule has 1 saturated carbocycles. The van der Waals surface area contributed by atoms with Gasteiger partial charge in [0, 0.05) is 37.8 Å². The molecule has 27 heavy (non-hydrogen) atoms. The lowest BCUT2D eigenvalue weighted by Gasteiger charge is -2.44. The number of fused-ring (bicyclic) bond motifs is 1. The van der Waals surface area contributed by atoms with Gasteiger partial charge in [-0.2, -0.15) is 0 Å². The molecule has 2 fully saturated rings. The van der Waals surface area contributed by atoms with E-state index in [0.717, 1.165) is 44.6 Å². The van der Waals surface area contributed by atoms with Crippen molar-refractivity contribution >= 4 is 22.5 Å². The number of aromatic nitrogens is 1. The van der Waals surface area contributed by atoms with Crippen molar-refractivity contribution in [2.24, 2.45) is 5.41 Å². The molecule has 1 aromatic heterocycles. The Hall–Kier alpha value is -2.10. The molecule has 4 heteroatoms. The van der Waals surface area contributed by atoms with E-state index in [2.05, 4.69) is 47.1 Å². The second-order valence-electron chi connectivity index (χ2n) is 8.65. The van der Waals surface area contributed by atoms with Gasteiger partial charge in [-0.25, -0.2) is 4.98 Å². The minimum Gasteiger partial charge on any atom is -0.355 e. The van der Waals surface area contributed by atoms with Crippen LogP contribution in [0.4, 0.5) is 5.82 Å². The summed E-state index contributed by atoms with van der Waals surface area (Å²) in [4.78, 5) is 22.5. The summed E-state index contributed by atoms with van der Waals surface area (Å²) in [6.07, 6.45) is 10.0. The Kier molecular flexibility index (Phi) is 5.07. The molecule has 1 saturated heterocycles. The number of hydrogen-bond acceptors (Lipinski definition) is 3. The van der Waals surface area contributed by atoms with E-state index in [1.807, 2.05) is 13.2 Å². The molecule has 0 radical (unpaired) electrons. The fraction of sp³-hybridized carbons (Fsp3) is 0.565. The number of anilines is 1. The van der Waals surface area contributed by atoms with Gasteiger partial charge in [-0.05, 0) is 44.1 Å². The number of nitrogens with zero attached hydrogens (tertiary/aromatic N) is 3. The number of carbonyl (C=O) groups excluding carboxylic acids is 1. The quantitative estimate of drug-likeness (QED) is 0.795. The summed E-state index contributed by atoms with van der Waals surface area (Å²) < 4.78 is 0. The van der Waals surface area contributed by atoms with E-state index in [-0.39, 0.29) is 5.41 Å². The zero-order valence-corrected chi connectivity index (χ0v) is 16.7. The van der Waals surface area contributed by atoms with Crippen molar-refractivity contribution in [2.75, 3.05) is 25.0 Å². The number of piperidine rings is 1. The lowest BCUT2D eigenvalue weighted by molar-refractivity contribution is -0.143. The Balaban J connectivity index is 1.57. The fourth-order valence-electron chi connectivity index (χ4n) is 5.01. The van der Waals surface area contributed by atoms with E-state index < -0.39 is 0 Å². The van der Waals surface area contributed by atoms with Gasteiger partial charge in [0.1, 0.15) is 5.82 Å². The maximum absolute atomic E-state index is 13.4. The average Bonchev–Trinajstić information content (AvgIpc) is 2.73. The van der Waals surface area contributed by atoms with Gasteiger partial charge in [0.05, 0.1) is 5.41 Å². The highest BCUT2D eigenvalue weighted by Crippen LogP contribution is 2.36. The van der Waals surface area contributed by atoms with Crippen LogP contribution in [0.3, 0.4) is 0 Å². The molecule has 1 atom stereocenters. The van der Waals surface area contributed by atoms with Crippen molar-refractivity contribution in [3.05, 3.63) is 36.5 Å². The maximum Gasteiger partial charge on any atom is 0.230 e. The van der Waals surface area contributed by atoms with Crippen molar-refractivity contribution in [1.29, 1.82) is 0 Å². The molecule has 0 N–H and O–H groups in total. The van der Waals surface area contributed by atoms with Crippen LogP contribution in [0.1, 0.15) is 51.9 Å². The Bertz CT molecular complexity index is 809. The van der Waals surface area contributed by atoms with Crippen LogP contribution in [0.25, 0.3) is 10.8 Å². The highest BCUT2D eigenvalue weighted by Gasteiger charge is 2.41. The molecule has 1 aliphatic heterocycles. The Morgan fingerprint density at radius 3 is 2.74 bits per heavy atom. The number of benzene rings is 1. The normalized spacial score (nSPS) is 24.1. The molecule has 1 aliphatic carbocycles. The molecule has 144 valence electrons. The van der Waals surface area contributed by atoms with Crippen molar-refractivity contribution in [2.45, 2.75) is 57.9 Å². The average molecular weight is 366 g/mol. The van der Waals surface area contributed by atoms with Crippen LogP contribution in [0.2, 0.25) is 0 Å². The van der Waals surface area contributed by atoms with E-state index in [1.165, 1.54) is 30.0 Å². The van der Waals surface area contributed by atoms with Gasteiger partial charge < -0.3 is 9.80 Å². The van der Waals surface area contributed by atoms with Gasteiger partial charge in [-0.15, -0.1) is 0 Å². The first-order valence-corrected chi connectivity index (χ1v) is 10.4. The molecular weight excluding hydrogens is 334 g/mol. The number of rotatable bonds is 3. The first kappa shape index (κ1) is 18.3. The van der Waals surface area contributed by atoms with Gasteiger partial charge in [0.2, 0.25) is 5.91 Å². The number of pyridine rings is 1. The third-order valence-corrected chi connectivity index (χ3v) is 6.61. The molecule has 4 nitrogen and oxygen atoms in total. The number of carbonyl (C=O) groups is 1. The third kappa shape index (κ3) is 3.54. The first-order chi connectivity index (χ1) is 13.1. The SMILES string of the molecule is CN(C(=O)C1(C)CCCN(c2nccc3ccccc23)C1)C1CCCCC1. The third-order valence-electron chi connectivity index (χ3n) is 6.61. The molecule has 0 bridgehead atoms. The highest BCUT2D eigenvalue weighted by atomic mass is 16.2. The van der Waals surface area contributed by atoms with Crippen LogP contribution in [-0.2, 0) is 4.79 Å². The lowest BCUT2D eigenvalue weighted by atomic mass is 9.79. The highest BCUT2D eigenvalue weighted by molar-refractivity contribution is 5.92. The molecule has 2 heterocycles. The van der Waals surface area contributed by atoms with E-state index in [4.69, 9.17) is 4.98 Å². The topological polar surface area (TPSA) is 36.4 Å². The summed E-state index contributed by atoms with van der Waals surface area (Å²) in [6.45, 7) is 3.88. The largest absolute Gasteiger partial charge is 0.355 e. The van der Waals surface area contributed by atoms with Crippen molar-refractivity contribution in [3.8, 4) is 0 Å². The summed E-state index contributed by atoms with van der Waals surface area (Å²) >= 11 is 0. The minimum absolute atomic E-state index is 0.319. The summed E-state index contributed by atoms with van der Waals surface area (Å²) in [5.74, 6) is 1.34. The Morgan fingerprint density at radius 2 is 1.93 bits per heavy atom. The van der Waals surface area contributed by atoms with Gasteiger partial charge in [0.25, 0.3) is 0 Å². The molecule has 0 spiro atoms. The van der Waals surface area contributed by atoms with E-state index in [0.29, 0.717) is 11.9 Å². The van der Waals surface area contributed by atoms with Gasteiger partial charge in [0.15, 0.2) is 0 Å². The van der Waals surface area contributed by atoms with E-state index in [1.54, 1.807) is 0 Å². The van der Waals surface area contributed by atoms with Crippen LogP contribution < -0.4 is 4.90 Å². The molecule has 1 unspecified atom stereocenters. The molecule has 2 aromatic rings. The van der Waals surface area contributed by atoms with Crippen molar-refractivity contribution in [1.82, 2.24) is 9.88 Å². The molecule has 2 aliphatic rings. The van der Waals surface area contributed by atoms with Gasteiger partial charge in [-0.1, -0.05) is 43.5 Å². The van der Waals surface area contributed by atoms with Crippen LogP contribution >= 0.6 is 0 Å². The fourth-order valence-corrected chi connectivity index (χ4v) is 5.01. The van der Waals surface area contributed by atoms with Crippen molar-refractivity contribution < 1.29 is 4.79 Å². The summed E-state index contributed by atoms with van der Waals surface area (Å²) in [5, 5.41) is 2.39. The number of hydrogen-bond donors (Lipinski definition) is 0. The summed E-state index contributed by atoms with van der Waals surface area (Å²) in [7, 11) is 2.03. The molecule has 1 amide bonds. The molecule has 4 rings (SSSR count). The van der Waals surface area contributed by atoms with Crippen LogP contribution in [0.15, 0.2) is 36.5 Å². The van der Waals surface area contributed by atoms with Crippen molar-refractivity contribution in [3.63, 3.8) is 0 Å². The first-order valence-electron chi connectivity index (χ1n) is 10.4. The zero-order valence-electron chi connectivity index (χ0n) is 16.7. The lowest BCUT2D eigenvalue weighted by Crippen LogP contribution is -2.53. The van der Waals surface area contributed by atoms with Crippen LogP contribution in [0, 0.1) is 5.41 Å². The minimum atomic E-state index is -0.330. The van der Waals surface area contributed by atoms with Crippen LogP contribution in [0.5, 0.6) is 0 Å². The number of amides is 1. The van der Waals surface area contributed by atoms with E-state index >= 15 is 0 Å². The van der Waals surface area contributed by atoms with Gasteiger partial charge >= 0.3 is 0 Å². The predicted octanol–water partition coefficient (Wildman–Crippen LogP) is 4.63. The second kappa shape index (κ2) is 7.49. The smallest absolute Gasteiger partial charge is 0.230 e. The standard InChI is InChI=1S/C23H31N3O/c1-23(22(27)25(2)19-10-4-3-5-11-19)14-8-16-26(17-23)21-20-12-7-6-9-18(20)13-15-24-21/h6-7,9,12-13,15,19H,3-5,8,10-11,14,16-17H2,1-2H3. The molecular formula is C23H31N3O.